The molecule has 1 amide bonds. The highest BCUT2D eigenvalue weighted by atomic mass is 16.7. The molecule has 0 unspecified atom stereocenters. The van der Waals surface area contributed by atoms with E-state index >= 15 is 0 Å². The van der Waals surface area contributed by atoms with Crippen LogP contribution in [0.5, 0.6) is 17.2 Å². The molecule has 0 atom stereocenters. The Bertz CT molecular complexity index is 1070. The maximum Gasteiger partial charge on any atom is 0.412 e. The van der Waals surface area contributed by atoms with Crippen molar-refractivity contribution in [3.8, 4) is 17.2 Å². The van der Waals surface area contributed by atoms with Crippen LogP contribution in [0.25, 0.3) is 0 Å². The van der Waals surface area contributed by atoms with Gasteiger partial charge in [0.1, 0.15) is 17.2 Å². The van der Waals surface area contributed by atoms with E-state index in [4.69, 9.17) is 23.7 Å². The molecule has 0 radical (unpaired) electrons. The highest BCUT2D eigenvalue weighted by Crippen LogP contribution is 2.19. The number of hydrazine groups is 1. The lowest BCUT2D eigenvalue weighted by Crippen LogP contribution is -2.31. The molecule has 0 saturated heterocycles. The van der Waals surface area contributed by atoms with Crippen LogP contribution in [0.2, 0.25) is 0 Å². The molecule has 9 heteroatoms. The molecule has 0 spiro atoms. The SMILES string of the molecule is COc1cccc(CN(Cc2cccc(OC)c2)C(=O)OCOCOc2cccc(CNN(C)C)c2)c1. The molecule has 0 aliphatic heterocycles. The Kier molecular flexibility index (Phi) is 11.0. The van der Waals surface area contributed by atoms with Crippen LogP contribution in [0, 0.1) is 0 Å². The van der Waals surface area contributed by atoms with E-state index in [1.54, 1.807) is 19.1 Å². The highest BCUT2D eigenvalue weighted by Gasteiger charge is 2.17. The normalized spacial score (nSPS) is 10.7. The minimum Gasteiger partial charge on any atom is -0.497 e. The lowest BCUT2D eigenvalue weighted by molar-refractivity contribution is -0.0780. The van der Waals surface area contributed by atoms with Crippen LogP contribution in [0.1, 0.15) is 16.7 Å². The monoisotopic (exact) mass is 509 g/mol. The Morgan fingerprint density at radius 2 is 1.30 bits per heavy atom. The van der Waals surface area contributed by atoms with Crippen LogP contribution in [0.15, 0.2) is 72.8 Å². The molecule has 9 nitrogen and oxygen atoms in total. The number of hydrogen-bond acceptors (Lipinski definition) is 8. The number of ether oxygens (including phenoxy) is 5. The summed E-state index contributed by atoms with van der Waals surface area (Å²) in [6, 6.07) is 22.8. The Morgan fingerprint density at radius 1 is 0.757 bits per heavy atom. The quantitative estimate of drug-likeness (QED) is 0.194. The van der Waals surface area contributed by atoms with E-state index < -0.39 is 6.09 Å². The molecule has 0 heterocycles. The molecule has 37 heavy (non-hydrogen) atoms. The second kappa shape index (κ2) is 14.7. The largest absolute Gasteiger partial charge is 0.497 e. The molecule has 0 fully saturated rings. The molecule has 0 aromatic heterocycles. The summed E-state index contributed by atoms with van der Waals surface area (Å²) in [5, 5.41) is 1.89. The van der Waals surface area contributed by atoms with E-state index in [-0.39, 0.29) is 13.6 Å². The van der Waals surface area contributed by atoms with Gasteiger partial charge in [0.2, 0.25) is 0 Å². The van der Waals surface area contributed by atoms with E-state index in [0.717, 1.165) is 16.7 Å². The smallest absolute Gasteiger partial charge is 0.412 e. The van der Waals surface area contributed by atoms with E-state index in [0.29, 0.717) is 36.9 Å². The fraction of sp³-hybridized carbons (Fsp3) is 0.321. The van der Waals surface area contributed by atoms with Gasteiger partial charge < -0.3 is 23.7 Å². The molecule has 0 saturated carbocycles. The van der Waals surface area contributed by atoms with Crippen LogP contribution >= 0.6 is 0 Å². The standard InChI is InChI=1S/C28H35N3O6/c1-30(2)29-17-22-8-5-13-27(14-22)36-20-35-21-37-28(32)31(18-23-9-6-11-25(15-23)33-3)19-24-10-7-12-26(16-24)34-4/h5-16,29H,17-21H2,1-4H3. The molecule has 1 N–H and O–H groups in total. The second-order valence-corrected chi connectivity index (χ2v) is 8.43. The van der Waals surface area contributed by atoms with Gasteiger partial charge in [-0.25, -0.2) is 4.79 Å². The van der Waals surface area contributed by atoms with Crippen molar-refractivity contribution in [2.75, 3.05) is 41.9 Å². The van der Waals surface area contributed by atoms with E-state index in [2.05, 4.69) is 5.43 Å². The molecule has 0 aliphatic rings. The summed E-state index contributed by atoms with van der Waals surface area (Å²) < 4.78 is 27.1. The fourth-order valence-corrected chi connectivity index (χ4v) is 3.49. The van der Waals surface area contributed by atoms with Crippen LogP contribution in [-0.2, 0) is 29.1 Å². The van der Waals surface area contributed by atoms with Gasteiger partial charge in [0, 0.05) is 33.7 Å². The third-order valence-electron chi connectivity index (χ3n) is 5.35. The summed E-state index contributed by atoms with van der Waals surface area (Å²) in [4.78, 5) is 14.6. The van der Waals surface area contributed by atoms with E-state index in [9.17, 15) is 4.79 Å². The maximum absolute atomic E-state index is 13.0. The number of nitrogens with one attached hydrogen (secondary N) is 1. The summed E-state index contributed by atoms with van der Waals surface area (Å²) in [5.41, 5.74) is 6.10. The van der Waals surface area contributed by atoms with Gasteiger partial charge in [0.25, 0.3) is 0 Å². The molecular weight excluding hydrogens is 474 g/mol. The predicted molar refractivity (Wildman–Crippen MR) is 140 cm³/mol. The number of amides is 1. The van der Waals surface area contributed by atoms with Crippen LogP contribution < -0.4 is 19.6 Å². The number of benzene rings is 3. The average molecular weight is 510 g/mol. The van der Waals surface area contributed by atoms with Crippen molar-refractivity contribution in [3.63, 3.8) is 0 Å². The Hall–Kier alpha value is -3.79. The number of nitrogens with zero attached hydrogens (tertiary/aromatic N) is 2. The van der Waals surface area contributed by atoms with Crippen molar-refractivity contribution in [2.45, 2.75) is 19.6 Å². The molecular formula is C28H35N3O6. The first kappa shape index (κ1) is 27.8. The first-order valence-corrected chi connectivity index (χ1v) is 11.8. The molecule has 3 aromatic carbocycles. The lowest BCUT2D eigenvalue weighted by Gasteiger charge is -2.23. The van der Waals surface area contributed by atoms with Crippen molar-refractivity contribution < 1.29 is 28.5 Å². The number of methoxy groups -OCH3 is 2. The summed E-state index contributed by atoms with van der Waals surface area (Å²) in [6.45, 7) is 1.05. The predicted octanol–water partition coefficient (Wildman–Crippen LogP) is 4.42. The van der Waals surface area contributed by atoms with Crippen molar-refractivity contribution in [1.29, 1.82) is 0 Å². The zero-order chi connectivity index (χ0) is 26.5. The van der Waals surface area contributed by atoms with Gasteiger partial charge in [-0.15, -0.1) is 0 Å². The number of carbonyl (C=O) groups is 1. The second-order valence-electron chi connectivity index (χ2n) is 8.43. The Balaban J connectivity index is 1.54. The van der Waals surface area contributed by atoms with Gasteiger partial charge in [0.05, 0.1) is 14.2 Å². The topological polar surface area (TPSA) is 81.7 Å². The summed E-state index contributed by atoms with van der Waals surface area (Å²) >= 11 is 0. The van der Waals surface area contributed by atoms with Gasteiger partial charge in [0.15, 0.2) is 13.6 Å². The molecule has 3 aromatic rings. The maximum atomic E-state index is 13.0. The third-order valence-corrected chi connectivity index (χ3v) is 5.35. The van der Waals surface area contributed by atoms with Gasteiger partial charge in [-0.3, -0.25) is 15.3 Å². The van der Waals surface area contributed by atoms with Crippen molar-refractivity contribution in [3.05, 3.63) is 89.5 Å². The molecule has 0 bridgehead atoms. The molecule has 198 valence electrons. The zero-order valence-electron chi connectivity index (χ0n) is 21.8. The average Bonchev–Trinajstić information content (AvgIpc) is 2.91. The summed E-state index contributed by atoms with van der Waals surface area (Å²) in [5.74, 6) is 2.10. The van der Waals surface area contributed by atoms with Gasteiger partial charge >= 0.3 is 6.09 Å². The zero-order valence-corrected chi connectivity index (χ0v) is 21.8. The molecule has 0 aliphatic carbocycles. The van der Waals surface area contributed by atoms with Gasteiger partial charge in [-0.05, 0) is 53.1 Å². The Morgan fingerprint density at radius 3 is 1.86 bits per heavy atom. The number of rotatable bonds is 14. The summed E-state index contributed by atoms with van der Waals surface area (Å²) in [6.07, 6.45) is -0.512. The number of carbonyl (C=O) groups excluding carboxylic acids is 1. The summed E-state index contributed by atoms with van der Waals surface area (Å²) in [7, 11) is 7.09. The van der Waals surface area contributed by atoms with Crippen molar-refractivity contribution >= 4 is 6.09 Å². The van der Waals surface area contributed by atoms with Crippen LogP contribution in [0.3, 0.4) is 0 Å². The Labute approximate surface area is 218 Å². The minimum atomic E-state index is -0.512. The lowest BCUT2D eigenvalue weighted by atomic mass is 10.1. The van der Waals surface area contributed by atoms with Crippen molar-refractivity contribution in [2.24, 2.45) is 0 Å². The first-order valence-electron chi connectivity index (χ1n) is 11.8. The fourth-order valence-electron chi connectivity index (χ4n) is 3.49. The van der Waals surface area contributed by atoms with Crippen LogP contribution in [0.4, 0.5) is 4.79 Å². The third kappa shape index (κ3) is 9.64. The van der Waals surface area contributed by atoms with Crippen molar-refractivity contribution in [1.82, 2.24) is 15.3 Å². The highest BCUT2D eigenvalue weighted by molar-refractivity contribution is 5.67. The number of hydrogen-bond donors (Lipinski definition) is 1. The first-order chi connectivity index (χ1) is 18.0. The van der Waals surface area contributed by atoms with E-state index in [1.807, 2.05) is 91.9 Å². The minimum absolute atomic E-state index is 0.0520. The van der Waals surface area contributed by atoms with Crippen LogP contribution in [-0.4, -0.2) is 57.9 Å². The molecule has 3 rings (SSSR count). The van der Waals surface area contributed by atoms with Gasteiger partial charge in [-0.2, -0.15) is 0 Å². The van der Waals surface area contributed by atoms with Gasteiger partial charge in [-0.1, -0.05) is 36.4 Å². The van der Waals surface area contributed by atoms with E-state index in [1.165, 1.54) is 0 Å².